The highest BCUT2D eigenvalue weighted by Gasteiger charge is 2.23. The van der Waals surface area contributed by atoms with E-state index in [4.69, 9.17) is 11.6 Å². The van der Waals surface area contributed by atoms with Gasteiger partial charge in [-0.25, -0.2) is 8.42 Å². The first-order chi connectivity index (χ1) is 12.7. The van der Waals surface area contributed by atoms with E-state index in [1.165, 1.54) is 12.1 Å². The molecule has 0 radical (unpaired) electrons. The van der Waals surface area contributed by atoms with Crippen molar-refractivity contribution in [1.29, 1.82) is 0 Å². The fraction of sp³-hybridized carbons (Fsp3) is 0.263. The summed E-state index contributed by atoms with van der Waals surface area (Å²) in [6.07, 6.45) is 1.08. The van der Waals surface area contributed by atoms with E-state index in [2.05, 4.69) is 10.6 Å². The molecule has 0 bridgehead atoms. The predicted molar refractivity (Wildman–Crippen MR) is 105 cm³/mol. The van der Waals surface area contributed by atoms with Crippen LogP contribution in [0, 0.1) is 0 Å². The number of sulfone groups is 1. The van der Waals surface area contributed by atoms with Gasteiger partial charge in [0.05, 0.1) is 5.75 Å². The van der Waals surface area contributed by atoms with Crippen LogP contribution in [0.2, 0.25) is 5.02 Å². The topological polar surface area (TPSA) is 92.3 Å². The summed E-state index contributed by atoms with van der Waals surface area (Å²) in [7, 11) is -3.27. The molecule has 0 unspecified atom stereocenters. The minimum absolute atomic E-state index is 0.0151. The lowest BCUT2D eigenvalue weighted by molar-refractivity contribution is -0.123. The number of rotatable bonds is 8. The smallest absolute Gasteiger partial charge is 0.251 e. The van der Waals surface area contributed by atoms with E-state index in [-0.39, 0.29) is 18.7 Å². The summed E-state index contributed by atoms with van der Waals surface area (Å²) in [6.45, 7) is 0.284. The molecule has 0 aromatic heterocycles. The Morgan fingerprint density at radius 3 is 2.26 bits per heavy atom. The van der Waals surface area contributed by atoms with Crippen LogP contribution in [-0.2, 0) is 21.2 Å². The molecule has 0 aliphatic rings. The molecule has 0 saturated carbocycles. The molecular formula is C19H21ClN2O4S. The number of carbonyl (C=O) groups excluding carboxylic acids is 2. The van der Waals surface area contributed by atoms with E-state index in [1.54, 1.807) is 12.1 Å². The standard InChI is InChI=1S/C19H21ClN2O4S/c1-27(25,26)12-11-17(19(24)21-13-14-5-3-2-4-6-14)22-18(23)15-7-9-16(20)10-8-15/h2-10,17H,11-13H2,1H3,(H,21,24)(H,22,23)/t17-/m0/s1. The third kappa shape index (κ3) is 7.40. The fourth-order valence-corrected chi connectivity index (χ4v) is 3.14. The Bertz CT molecular complexity index is 884. The van der Waals surface area contributed by atoms with Crippen LogP contribution in [0.1, 0.15) is 22.3 Å². The van der Waals surface area contributed by atoms with Crippen molar-refractivity contribution in [3.63, 3.8) is 0 Å². The highest BCUT2D eigenvalue weighted by atomic mass is 35.5. The Kier molecular flexibility index (Phi) is 7.38. The zero-order valence-electron chi connectivity index (χ0n) is 14.8. The van der Waals surface area contributed by atoms with Gasteiger partial charge in [0.25, 0.3) is 5.91 Å². The minimum atomic E-state index is -3.27. The Hall–Kier alpha value is -2.38. The number of hydrogen-bond donors (Lipinski definition) is 2. The molecule has 144 valence electrons. The molecule has 0 heterocycles. The van der Waals surface area contributed by atoms with Crippen molar-refractivity contribution in [2.45, 2.75) is 19.0 Å². The third-order valence-corrected chi connectivity index (χ3v) is 5.04. The fourth-order valence-electron chi connectivity index (χ4n) is 2.35. The van der Waals surface area contributed by atoms with Crippen LogP contribution in [0.4, 0.5) is 0 Å². The van der Waals surface area contributed by atoms with Gasteiger partial charge in [-0.3, -0.25) is 9.59 Å². The van der Waals surface area contributed by atoms with Gasteiger partial charge >= 0.3 is 0 Å². The molecule has 0 aliphatic carbocycles. The van der Waals surface area contributed by atoms with Crippen LogP contribution in [0.5, 0.6) is 0 Å². The van der Waals surface area contributed by atoms with Gasteiger partial charge in [0, 0.05) is 23.4 Å². The number of hydrogen-bond acceptors (Lipinski definition) is 4. The minimum Gasteiger partial charge on any atom is -0.350 e. The lowest BCUT2D eigenvalue weighted by Gasteiger charge is -2.18. The van der Waals surface area contributed by atoms with Crippen molar-refractivity contribution in [3.05, 3.63) is 70.7 Å². The van der Waals surface area contributed by atoms with E-state index in [0.29, 0.717) is 10.6 Å². The summed E-state index contributed by atoms with van der Waals surface area (Å²) in [5, 5.41) is 5.82. The molecule has 27 heavy (non-hydrogen) atoms. The van der Waals surface area contributed by atoms with Gasteiger partial charge in [-0.15, -0.1) is 0 Å². The van der Waals surface area contributed by atoms with E-state index in [1.807, 2.05) is 30.3 Å². The summed E-state index contributed by atoms with van der Waals surface area (Å²) in [5.41, 5.74) is 1.23. The molecule has 1 atom stereocenters. The normalized spacial score (nSPS) is 12.2. The van der Waals surface area contributed by atoms with Crippen LogP contribution < -0.4 is 10.6 Å². The monoisotopic (exact) mass is 408 g/mol. The number of nitrogens with one attached hydrogen (secondary N) is 2. The predicted octanol–water partition coefficient (Wildman–Crippen LogP) is 2.19. The molecule has 8 heteroatoms. The Morgan fingerprint density at radius 1 is 1.04 bits per heavy atom. The van der Waals surface area contributed by atoms with Gasteiger partial charge in [-0.2, -0.15) is 0 Å². The molecule has 0 aliphatic heterocycles. The molecule has 0 fully saturated rings. The quantitative estimate of drug-likeness (QED) is 0.700. The second kappa shape index (κ2) is 9.53. The van der Waals surface area contributed by atoms with Crippen molar-refractivity contribution in [2.75, 3.05) is 12.0 Å². The second-order valence-electron chi connectivity index (χ2n) is 6.15. The first-order valence-corrected chi connectivity index (χ1v) is 10.7. The summed E-state index contributed by atoms with van der Waals surface area (Å²) in [6, 6.07) is 14.5. The van der Waals surface area contributed by atoms with E-state index < -0.39 is 27.7 Å². The van der Waals surface area contributed by atoms with Gasteiger partial charge in [-0.1, -0.05) is 41.9 Å². The maximum atomic E-state index is 12.5. The number of carbonyl (C=O) groups is 2. The van der Waals surface area contributed by atoms with Crippen molar-refractivity contribution in [1.82, 2.24) is 10.6 Å². The molecule has 0 saturated heterocycles. The molecule has 6 nitrogen and oxygen atoms in total. The number of benzene rings is 2. The van der Waals surface area contributed by atoms with Crippen molar-refractivity contribution in [2.24, 2.45) is 0 Å². The Morgan fingerprint density at radius 2 is 1.67 bits per heavy atom. The highest BCUT2D eigenvalue weighted by molar-refractivity contribution is 7.90. The average molecular weight is 409 g/mol. The first-order valence-electron chi connectivity index (χ1n) is 8.30. The van der Waals surface area contributed by atoms with Crippen molar-refractivity contribution in [3.8, 4) is 0 Å². The van der Waals surface area contributed by atoms with Gasteiger partial charge in [0.15, 0.2) is 0 Å². The van der Waals surface area contributed by atoms with Crippen LogP contribution in [0.3, 0.4) is 0 Å². The van der Waals surface area contributed by atoms with Crippen LogP contribution >= 0.6 is 11.6 Å². The molecule has 2 rings (SSSR count). The van der Waals surface area contributed by atoms with Crippen LogP contribution in [-0.4, -0.2) is 38.3 Å². The van der Waals surface area contributed by atoms with Gasteiger partial charge in [-0.05, 0) is 36.2 Å². The lowest BCUT2D eigenvalue weighted by Crippen LogP contribution is -2.47. The maximum Gasteiger partial charge on any atom is 0.251 e. The van der Waals surface area contributed by atoms with E-state index in [9.17, 15) is 18.0 Å². The maximum absolute atomic E-state index is 12.5. The molecule has 2 aromatic rings. The Labute approximate surface area is 163 Å². The zero-order valence-corrected chi connectivity index (χ0v) is 16.4. The lowest BCUT2D eigenvalue weighted by atomic mass is 10.1. The van der Waals surface area contributed by atoms with E-state index >= 15 is 0 Å². The summed E-state index contributed by atoms with van der Waals surface area (Å²) in [4.78, 5) is 24.9. The first kappa shape index (κ1) is 20.9. The number of halogens is 1. The average Bonchev–Trinajstić information content (AvgIpc) is 2.63. The van der Waals surface area contributed by atoms with Gasteiger partial charge in [0.2, 0.25) is 5.91 Å². The largest absolute Gasteiger partial charge is 0.350 e. The highest BCUT2D eigenvalue weighted by Crippen LogP contribution is 2.10. The SMILES string of the molecule is CS(=O)(=O)CC[C@H](NC(=O)c1ccc(Cl)cc1)C(=O)NCc1ccccc1. The summed E-state index contributed by atoms with van der Waals surface area (Å²) < 4.78 is 22.9. The number of amides is 2. The molecule has 2 amide bonds. The zero-order chi connectivity index (χ0) is 19.9. The summed E-state index contributed by atoms with van der Waals surface area (Å²) in [5.74, 6) is -1.12. The van der Waals surface area contributed by atoms with Gasteiger partial charge in [0.1, 0.15) is 15.9 Å². The van der Waals surface area contributed by atoms with Gasteiger partial charge < -0.3 is 10.6 Å². The molecular weight excluding hydrogens is 388 g/mol. The second-order valence-corrected chi connectivity index (χ2v) is 8.85. The van der Waals surface area contributed by atoms with Crippen molar-refractivity contribution >= 4 is 33.3 Å². The van der Waals surface area contributed by atoms with Crippen LogP contribution in [0.25, 0.3) is 0 Å². The molecule has 0 spiro atoms. The van der Waals surface area contributed by atoms with Crippen LogP contribution in [0.15, 0.2) is 54.6 Å². The summed E-state index contributed by atoms with van der Waals surface area (Å²) >= 11 is 5.81. The van der Waals surface area contributed by atoms with Crippen molar-refractivity contribution < 1.29 is 18.0 Å². The van der Waals surface area contributed by atoms with E-state index in [0.717, 1.165) is 11.8 Å². The molecule has 2 aromatic carbocycles. The Balaban J connectivity index is 2.05. The molecule has 2 N–H and O–H groups in total. The third-order valence-electron chi connectivity index (χ3n) is 3.82.